The molecule has 10 rings (SSSR count). The lowest BCUT2D eigenvalue weighted by atomic mass is 9.81. The molecule has 0 fully saturated rings. The number of nitrogens with zero attached hydrogens (tertiary/aromatic N) is 2. The van der Waals surface area contributed by atoms with Crippen molar-refractivity contribution in [2.75, 3.05) is 4.90 Å². The lowest BCUT2D eigenvalue weighted by molar-refractivity contribution is 1.20. The molecular formula is C51H34N2. The lowest BCUT2D eigenvalue weighted by Gasteiger charge is -2.27. The summed E-state index contributed by atoms with van der Waals surface area (Å²) in [6, 6.07) is 72.1. The molecule has 0 aliphatic carbocycles. The normalized spacial score (nSPS) is 11.4. The van der Waals surface area contributed by atoms with Crippen LogP contribution in [0.2, 0.25) is 0 Å². The van der Waals surface area contributed by atoms with Crippen molar-refractivity contribution in [2.24, 2.45) is 0 Å². The van der Waals surface area contributed by atoms with Crippen LogP contribution in [0.25, 0.3) is 76.5 Å². The Kier molecular flexibility index (Phi) is 7.51. The third kappa shape index (κ3) is 5.23. The number of hydrogen-bond donors (Lipinski definition) is 0. The van der Waals surface area contributed by atoms with Crippen molar-refractivity contribution in [3.05, 3.63) is 206 Å². The number of anilines is 3. The van der Waals surface area contributed by atoms with Crippen molar-refractivity contribution in [1.29, 1.82) is 0 Å². The molecule has 9 aromatic carbocycles. The van der Waals surface area contributed by atoms with Crippen molar-refractivity contribution in [3.63, 3.8) is 0 Å². The maximum absolute atomic E-state index is 5.02. The van der Waals surface area contributed by atoms with E-state index in [1.165, 1.54) is 65.7 Å². The molecule has 10 aromatic rings. The second-order valence-corrected chi connectivity index (χ2v) is 13.5. The van der Waals surface area contributed by atoms with E-state index in [0.29, 0.717) is 0 Å². The van der Waals surface area contributed by atoms with Gasteiger partial charge in [0.2, 0.25) is 0 Å². The van der Waals surface area contributed by atoms with Gasteiger partial charge < -0.3 is 0 Å². The third-order valence-electron chi connectivity index (χ3n) is 10.5. The first-order valence-electron chi connectivity index (χ1n) is 18.1. The van der Waals surface area contributed by atoms with Gasteiger partial charge in [0.05, 0.1) is 0 Å². The first-order valence-corrected chi connectivity index (χ1v) is 18.1. The van der Waals surface area contributed by atoms with Gasteiger partial charge in [-0.15, -0.1) is 0 Å². The first kappa shape index (κ1) is 30.8. The summed E-state index contributed by atoms with van der Waals surface area (Å²) in [7, 11) is 0. The van der Waals surface area contributed by atoms with E-state index in [1.54, 1.807) is 0 Å². The summed E-state index contributed by atoms with van der Waals surface area (Å²) in [4.78, 5) is 7.31. The maximum atomic E-state index is 5.02. The van der Waals surface area contributed by atoms with E-state index in [-0.39, 0.29) is 0 Å². The van der Waals surface area contributed by atoms with E-state index in [0.717, 1.165) is 28.0 Å². The van der Waals surface area contributed by atoms with Crippen LogP contribution in [-0.4, -0.2) is 4.98 Å². The number of fused-ring (bicyclic) bond motifs is 7. The minimum absolute atomic E-state index is 0.905. The molecule has 0 N–H and O–H groups in total. The fraction of sp³-hybridized carbons (Fsp3) is 0. The number of aromatic nitrogens is 1. The van der Waals surface area contributed by atoms with Gasteiger partial charge in [-0.2, -0.15) is 0 Å². The van der Waals surface area contributed by atoms with Crippen LogP contribution in [0.15, 0.2) is 206 Å². The highest BCUT2D eigenvalue weighted by Crippen LogP contribution is 2.50. The van der Waals surface area contributed by atoms with Gasteiger partial charge in [-0.05, 0) is 107 Å². The SMILES string of the molecule is c1ccc(-c2cc(-c3ccccc3)c3c4ccc(N(c5ccccc5)c5nccc6ccccc56)cc4c4ccccc4c3c2-c2ccccc2)cc1. The van der Waals surface area contributed by atoms with Gasteiger partial charge in [0.25, 0.3) is 0 Å². The minimum Gasteiger partial charge on any atom is -0.295 e. The standard InChI is InChI=1S/C51H34N2/c1-5-17-35(18-6-1)45-34-46(36-19-7-2-8-20-36)49-44-30-29-40(53(39-24-11-4-12-25-39)51-41-26-14-13-21-37(41)31-32-52-51)33-47(44)42-27-15-16-28-43(42)50(49)48(45)38-22-9-3-10-23-38/h1-34H. The lowest BCUT2D eigenvalue weighted by Crippen LogP contribution is -2.12. The fourth-order valence-electron chi connectivity index (χ4n) is 8.13. The predicted molar refractivity (Wildman–Crippen MR) is 225 cm³/mol. The van der Waals surface area contributed by atoms with E-state index in [1.807, 2.05) is 6.20 Å². The Balaban J connectivity index is 1.36. The molecule has 0 unspecified atom stereocenters. The Morgan fingerprint density at radius 1 is 0.340 bits per heavy atom. The highest BCUT2D eigenvalue weighted by Gasteiger charge is 2.23. The third-order valence-corrected chi connectivity index (χ3v) is 10.5. The summed E-state index contributed by atoms with van der Waals surface area (Å²) in [5.74, 6) is 0.905. The van der Waals surface area contributed by atoms with Crippen LogP contribution in [-0.2, 0) is 0 Å². The van der Waals surface area contributed by atoms with Crippen LogP contribution in [0.4, 0.5) is 17.2 Å². The molecule has 0 spiro atoms. The van der Waals surface area contributed by atoms with E-state index in [9.17, 15) is 0 Å². The number of para-hydroxylation sites is 1. The van der Waals surface area contributed by atoms with Crippen LogP contribution in [0.3, 0.4) is 0 Å². The van der Waals surface area contributed by atoms with Crippen LogP contribution in [0.1, 0.15) is 0 Å². The zero-order valence-electron chi connectivity index (χ0n) is 29.0. The van der Waals surface area contributed by atoms with Crippen LogP contribution in [0, 0.1) is 0 Å². The summed E-state index contributed by atoms with van der Waals surface area (Å²) in [6.07, 6.45) is 1.92. The number of benzene rings is 9. The second kappa shape index (κ2) is 12.9. The smallest absolute Gasteiger partial charge is 0.145 e. The first-order chi connectivity index (χ1) is 26.3. The Hall–Kier alpha value is -7.03. The monoisotopic (exact) mass is 674 g/mol. The average Bonchev–Trinajstić information content (AvgIpc) is 3.24. The number of rotatable bonds is 6. The largest absolute Gasteiger partial charge is 0.295 e. The molecule has 0 atom stereocenters. The van der Waals surface area contributed by atoms with Crippen LogP contribution < -0.4 is 4.90 Å². The number of pyridine rings is 1. The molecule has 2 heteroatoms. The molecule has 2 nitrogen and oxygen atoms in total. The Labute approximate surface area is 308 Å². The molecule has 1 aromatic heterocycles. The molecule has 0 saturated carbocycles. The minimum atomic E-state index is 0.905. The topological polar surface area (TPSA) is 16.1 Å². The van der Waals surface area contributed by atoms with Crippen molar-refractivity contribution >= 4 is 60.3 Å². The Morgan fingerprint density at radius 2 is 0.887 bits per heavy atom. The van der Waals surface area contributed by atoms with Gasteiger partial charge >= 0.3 is 0 Å². The summed E-state index contributed by atoms with van der Waals surface area (Å²) >= 11 is 0. The van der Waals surface area contributed by atoms with Crippen LogP contribution >= 0.6 is 0 Å². The van der Waals surface area contributed by atoms with E-state index in [2.05, 4.69) is 205 Å². The van der Waals surface area contributed by atoms with Crippen molar-refractivity contribution in [2.45, 2.75) is 0 Å². The molecule has 1 heterocycles. The zero-order valence-corrected chi connectivity index (χ0v) is 29.0. The fourth-order valence-corrected chi connectivity index (χ4v) is 8.13. The van der Waals surface area contributed by atoms with Gasteiger partial charge in [-0.25, -0.2) is 4.98 Å². The van der Waals surface area contributed by atoms with Gasteiger partial charge in [-0.1, -0.05) is 164 Å². The molecule has 0 aliphatic heterocycles. The quantitative estimate of drug-likeness (QED) is 0.163. The molecule has 0 aliphatic rings. The maximum Gasteiger partial charge on any atom is 0.145 e. The predicted octanol–water partition coefficient (Wildman–Crippen LogP) is 14.2. The molecule has 53 heavy (non-hydrogen) atoms. The molecule has 0 bridgehead atoms. The summed E-state index contributed by atoms with van der Waals surface area (Å²) in [5, 5.41) is 9.66. The van der Waals surface area contributed by atoms with E-state index >= 15 is 0 Å². The molecular weight excluding hydrogens is 641 g/mol. The summed E-state index contributed by atoms with van der Waals surface area (Å²) in [6.45, 7) is 0. The highest BCUT2D eigenvalue weighted by atomic mass is 15.2. The summed E-state index contributed by atoms with van der Waals surface area (Å²) < 4.78 is 0. The van der Waals surface area contributed by atoms with E-state index < -0.39 is 0 Å². The Bertz CT molecular complexity index is 2920. The molecule has 248 valence electrons. The molecule has 0 radical (unpaired) electrons. The van der Waals surface area contributed by atoms with Crippen molar-refractivity contribution < 1.29 is 0 Å². The second-order valence-electron chi connectivity index (χ2n) is 13.5. The van der Waals surface area contributed by atoms with Gasteiger partial charge in [-0.3, -0.25) is 4.90 Å². The highest BCUT2D eigenvalue weighted by molar-refractivity contribution is 6.33. The van der Waals surface area contributed by atoms with Gasteiger partial charge in [0, 0.05) is 23.0 Å². The molecule has 0 amide bonds. The van der Waals surface area contributed by atoms with E-state index in [4.69, 9.17) is 4.98 Å². The molecule has 0 saturated heterocycles. The van der Waals surface area contributed by atoms with Crippen LogP contribution in [0.5, 0.6) is 0 Å². The average molecular weight is 675 g/mol. The summed E-state index contributed by atoms with van der Waals surface area (Å²) in [5.41, 5.74) is 9.41. The Morgan fingerprint density at radius 3 is 1.58 bits per heavy atom. The number of hydrogen-bond acceptors (Lipinski definition) is 2. The van der Waals surface area contributed by atoms with Gasteiger partial charge in [0.15, 0.2) is 0 Å². The zero-order chi connectivity index (χ0) is 35.1. The van der Waals surface area contributed by atoms with Gasteiger partial charge in [0.1, 0.15) is 5.82 Å². The van der Waals surface area contributed by atoms with Crippen molar-refractivity contribution in [3.8, 4) is 33.4 Å². The van der Waals surface area contributed by atoms with Crippen molar-refractivity contribution in [1.82, 2.24) is 4.98 Å².